The zero-order valence-corrected chi connectivity index (χ0v) is 18.6. The van der Waals surface area contributed by atoms with Gasteiger partial charge in [0.25, 0.3) is 0 Å². The summed E-state index contributed by atoms with van der Waals surface area (Å²) in [7, 11) is -3.21. The van der Waals surface area contributed by atoms with Gasteiger partial charge in [-0.1, -0.05) is 36.0 Å². The normalized spacial score (nSPS) is 15.6. The quantitative estimate of drug-likeness (QED) is 0.566. The zero-order chi connectivity index (χ0) is 21.3. The van der Waals surface area contributed by atoms with Crippen molar-refractivity contribution in [1.82, 2.24) is 18.8 Å². The summed E-state index contributed by atoms with van der Waals surface area (Å²) >= 11 is 1.41. The first-order valence-electron chi connectivity index (χ1n) is 9.73. The van der Waals surface area contributed by atoms with Crippen LogP contribution in [0.2, 0.25) is 0 Å². The number of piperazine rings is 1. The van der Waals surface area contributed by atoms with Gasteiger partial charge in [0.05, 0.1) is 23.0 Å². The fraction of sp³-hybridized carbons (Fsp3) is 0.333. The zero-order valence-electron chi connectivity index (χ0n) is 17.0. The van der Waals surface area contributed by atoms with Crippen LogP contribution < -0.4 is 0 Å². The van der Waals surface area contributed by atoms with E-state index in [0.717, 1.165) is 27.4 Å². The largest absolute Gasteiger partial charge is 0.339 e. The van der Waals surface area contributed by atoms with E-state index in [9.17, 15) is 13.2 Å². The molecule has 9 heteroatoms. The highest BCUT2D eigenvalue weighted by molar-refractivity contribution is 7.99. The number of benzene rings is 2. The van der Waals surface area contributed by atoms with Crippen molar-refractivity contribution >= 4 is 38.7 Å². The Balaban J connectivity index is 1.52. The molecular formula is C21H24N4O3S2. The molecule has 30 heavy (non-hydrogen) atoms. The lowest BCUT2D eigenvalue weighted by Crippen LogP contribution is -2.50. The molecule has 2 heterocycles. The Labute approximate surface area is 180 Å². The van der Waals surface area contributed by atoms with Gasteiger partial charge in [-0.3, -0.25) is 9.36 Å². The van der Waals surface area contributed by atoms with Crippen molar-refractivity contribution < 1.29 is 13.2 Å². The van der Waals surface area contributed by atoms with Gasteiger partial charge in [0.15, 0.2) is 5.16 Å². The molecule has 2 aromatic carbocycles. The number of aromatic nitrogens is 2. The lowest BCUT2D eigenvalue weighted by atomic mass is 10.2. The van der Waals surface area contributed by atoms with E-state index in [2.05, 4.69) is 23.6 Å². The Morgan fingerprint density at radius 1 is 1.07 bits per heavy atom. The fourth-order valence-electron chi connectivity index (χ4n) is 3.60. The van der Waals surface area contributed by atoms with Crippen molar-refractivity contribution in [3.63, 3.8) is 0 Å². The Hall–Kier alpha value is -2.36. The van der Waals surface area contributed by atoms with Crippen LogP contribution in [0.1, 0.15) is 5.56 Å². The second-order valence-electron chi connectivity index (χ2n) is 7.39. The van der Waals surface area contributed by atoms with Crippen LogP contribution in [0.3, 0.4) is 0 Å². The summed E-state index contributed by atoms with van der Waals surface area (Å²) in [6, 6.07) is 16.1. The molecule has 0 spiro atoms. The average Bonchev–Trinajstić information content (AvgIpc) is 3.10. The summed E-state index contributed by atoms with van der Waals surface area (Å²) in [5.74, 6) is 0.254. The maximum Gasteiger partial charge on any atom is 0.233 e. The first-order chi connectivity index (χ1) is 14.3. The highest BCUT2D eigenvalue weighted by atomic mass is 32.2. The lowest BCUT2D eigenvalue weighted by Gasteiger charge is -2.33. The van der Waals surface area contributed by atoms with Crippen molar-refractivity contribution in [2.45, 2.75) is 12.1 Å². The van der Waals surface area contributed by atoms with Gasteiger partial charge in [-0.2, -0.15) is 4.31 Å². The summed E-state index contributed by atoms with van der Waals surface area (Å²) in [6.45, 7) is 3.57. The van der Waals surface area contributed by atoms with Gasteiger partial charge in [-0.05, 0) is 36.8 Å². The SMILES string of the molecule is Cc1cccc(-n2c(SCC(=O)N3CCN(S(C)(=O)=O)CC3)nc3ccccc32)c1. The fourth-order valence-corrected chi connectivity index (χ4v) is 5.36. The Bertz CT molecular complexity index is 1180. The molecule has 0 unspecified atom stereocenters. The molecule has 3 aromatic rings. The van der Waals surface area contributed by atoms with Gasteiger partial charge in [0.2, 0.25) is 15.9 Å². The first kappa shape index (κ1) is 20.9. The van der Waals surface area contributed by atoms with Crippen molar-refractivity contribution in [2.24, 2.45) is 0 Å². The van der Waals surface area contributed by atoms with Crippen LogP contribution in [-0.2, 0) is 14.8 Å². The van der Waals surface area contributed by atoms with Gasteiger partial charge in [0, 0.05) is 31.9 Å². The number of para-hydroxylation sites is 2. The second kappa shape index (κ2) is 8.41. The van der Waals surface area contributed by atoms with Crippen molar-refractivity contribution in [3.05, 3.63) is 54.1 Å². The molecule has 1 aromatic heterocycles. The predicted molar refractivity (Wildman–Crippen MR) is 120 cm³/mol. The maximum atomic E-state index is 12.7. The van der Waals surface area contributed by atoms with Gasteiger partial charge in [-0.25, -0.2) is 13.4 Å². The number of thioether (sulfide) groups is 1. The standard InChI is InChI=1S/C21H24N4O3S2/c1-16-6-5-7-17(14-16)25-19-9-4-3-8-18(19)22-21(25)29-15-20(26)23-10-12-24(13-11-23)30(2,27)28/h3-9,14H,10-13,15H2,1-2H3. The molecule has 4 rings (SSSR count). The molecule has 0 bridgehead atoms. The topological polar surface area (TPSA) is 75.5 Å². The van der Waals surface area contributed by atoms with Gasteiger partial charge in [0.1, 0.15) is 0 Å². The monoisotopic (exact) mass is 444 g/mol. The number of hydrogen-bond acceptors (Lipinski definition) is 5. The minimum Gasteiger partial charge on any atom is -0.339 e. The molecule has 0 saturated carbocycles. The van der Waals surface area contributed by atoms with Crippen molar-refractivity contribution in [2.75, 3.05) is 38.2 Å². The van der Waals surface area contributed by atoms with Crippen molar-refractivity contribution in [3.8, 4) is 5.69 Å². The van der Waals surface area contributed by atoms with E-state index in [1.54, 1.807) is 4.90 Å². The predicted octanol–water partition coefficient (Wildman–Crippen LogP) is 2.53. The first-order valence-corrected chi connectivity index (χ1v) is 12.6. The number of nitrogens with zero attached hydrogens (tertiary/aromatic N) is 4. The average molecular weight is 445 g/mol. The van der Waals surface area contributed by atoms with Crippen LogP contribution in [-0.4, -0.2) is 71.3 Å². The molecule has 7 nitrogen and oxygen atoms in total. The number of aryl methyl sites for hydroxylation is 1. The maximum absolute atomic E-state index is 12.7. The molecule has 0 aliphatic carbocycles. The van der Waals surface area contributed by atoms with Crippen LogP contribution in [0.4, 0.5) is 0 Å². The van der Waals surface area contributed by atoms with E-state index in [1.807, 2.05) is 36.4 Å². The van der Waals surface area contributed by atoms with E-state index in [-0.39, 0.29) is 11.7 Å². The highest BCUT2D eigenvalue weighted by Gasteiger charge is 2.26. The van der Waals surface area contributed by atoms with Crippen molar-refractivity contribution in [1.29, 1.82) is 0 Å². The van der Waals surface area contributed by atoms with Crippen LogP contribution in [0.25, 0.3) is 16.7 Å². The number of hydrogen-bond donors (Lipinski definition) is 0. The third-order valence-electron chi connectivity index (χ3n) is 5.17. The van der Waals surface area contributed by atoms with Crippen LogP contribution >= 0.6 is 11.8 Å². The van der Waals surface area contributed by atoms with E-state index >= 15 is 0 Å². The van der Waals surface area contributed by atoms with Crippen LogP contribution in [0.5, 0.6) is 0 Å². The lowest BCUT2D eigenvalue weighted by molar-refractivity contribution is -0.129. The number of carbonyl (C=O) groups is 1. The molecule has 1 aliphatic heterocycles. The molecule has 0 N–H and O–H groups in total. The smallest absolute Gasteiger partial charge is 0.233 e. The van der Waals surface area contributed by atoms with E-state index in [4.69, 9.17) is 4.98 Å². The summed E-state index contributed by atoms with van der Waals surface area (Å²) in [6.07, 6.45) is 1.20. The van der Waals surface area contributed by atoms with Gasteiger partial charge in [-0.15, -0.1) is 0 Å². The molecule has 158 valence electrons. The molecule has 1 amide bonds. The second-order valence-corrected chi connectivity index (χ2v) is 10.3. The molecule has 0 atom stereocenters. The third kappa shape index (κ3) is 4.38. The number of imidazole rings is 1. The third-order valence-corrected chi connectivity index (χ3v) is 7.40. The molecule has 0 radical (unpaired) electrons. The number of carbonyl (C=O) groups excluding carboxylic acids is 1. The Morgan fingerprint density at radius 3 is 2.50 bits per heavy atom. The van der Waals surface area contributed by atoms with Crippen LogP contribution in [0, 0.1) is 6.92 Å². The molecule has 1 saturated heterocycles. The molecule has 1 fully saturated rings. The minimum atomic E-state index is -3.21. The summed E-state index contributed by atoms with van der Waals surface area (Å²) in [4.78, 5) is 19.2. The Morgan fingerprint density at radius 2 is 1.80 bits per heavy atom. The summed E-state index contributed by atoms with van der Waals surface area (Å²) in [5, 5.41) is 0.768. The number of sulfonamides is 1. The van der Waals surface area contributed by atoms with E-state index in [1.165, 1.54) is 22.3 Å². The van der Waals surface area contributed by atoms with Gasteiger partial charge >= 0.3 is 0 Å². The van der Waals surface area contributed by atoms with E-state index < -0.39 is 10.0 Å². The van der Waals surface area contributed by atoms with E-state index in [0.29, 0.717) is 26.2 Å². The Kier molecular flexibility index (Phi) is 5.86. The summed E-state index contributed by atoms with van der Waals surface area (Å²) < 4.78 is 26.8. The number of amides is 1. The molecule has 1 aliphatic rings. The van der Waals surface area contributed by atoms with Crippen LogP contribution in [0.15, 0.2) is 53.7 Å². The minimum absolute atomic E-state index is 0.00370. The van der Waals surface area contributed by atoms with Gasteiger partial charge < -0.3 is 4.90 Å². The number of fused-ring (bicyclic) bond motifs is 1. The highest BCUT2D eigenvalue weighted by Crippen LogP contribution is 2.28. The molecular weight excluding hydrogens is 420 g/mol. The number of rotatable bonds is 5. The summed E-state index contributed by atoms with van der Waals surface area (Å²) in [5.41, 5.74) is 4.05.